The average molecular weight is 473 g/mol. The molecule has 0 aromatic carbocycles. The van der Waals surface area contributed by atoms with Crippen molar-refractivity contribution in [3.8, 4) is 11.4 Å². The van der Waals surface area contributed by atoms with Gasteiger partial charge >= 0.3 is 0 Å². The van der Waals surface area contributed by atoms with E-state index in [0.29, 0.717) is 34.7 Å². The van der Waals surface area contributed by atoms with Gasteiger partial charge in [0.2, 0.25) is 5.95 Å². The van der Waals surface area contributed by atoms with Crippen LogP contribution < -0.4 is 10.6 Å². The zero-order valence-electron chi connectivity index (χ0n) is 17.1. The SMILES string of the molecule is CCC(CC)n1c(Br)nc2c(-c3cnc(N)cn3)nc(N3CC4CCC(C3)O4)nc21. The predicted octanol–water partition coefficient (Wildman–Crippen LogP) is 3.36. The number of rotatable bonds is 5. The summed E-state index contributed by atoms with van der Waals surface area (Å²) >= 11 is 3.65. The van der Waals surface area contributed by atoms with Crippen LogP contribution in [0.3, 0.4) is 0 Å². The maximum absolute atomic E-state index is 6.01. The summed E-state index contributed by atoms with van der Waals surface area (Å²) in [4.78, 5) is 25.6. The lowest BCUT2D eigenvalue weighted by Gasteiger charge is -2.32. The fourth-order valence-electron chi connectivity index (χ4n) is 4.47. The summed E-state index contributed by atoms with van der Waals surface area (Å²) in [5.74, 6) is 1.06. The number of nitrogens with zero attached hydrogens (tertiary/aromatic N) is 7. The highest BCUT2D eigenvalue weighted by molar-refractivity contribution is 9.10. The van der Waals surface area contributed by atoms with E-state index in [0.717, 1.165) is 49.2 Å². The van der Waals surface area contributed by atoms with Gasteiger partial charge in [0, 0.05) is 19.1 Å². The van der Waals surface area contributed by atoms with Crippen molar-refractivity contribution >= 4 is 38.9 Å². The van der Waals surface area contributed by atoms with E-state index in [2.05, 4.69) is 49.2 Å². The molecule has 0 saturated carbocycles. The van der Waals surface area contributed by atoms with Gasteiger partial charge in [0.15, 0.2) is 10.4 Å². The van der Waals surface area contributed by atoms with Crippen molar-refractivity contribution in [2.45, 2.75) is 57.8 Å². The van der Waals surface area contributed by atoms with Crippen LogP contribution in [-0.4, -0.2) is 54.8 Å². The second-order valence-electron chi connectivity index (χ2n) is 7.95. The van der Waals surface area contributed by atoms with Gasteiger partial charge in [-0.2, -0.15) is 4.98 Å². The van der Waals surface area contributed by atoms with Crippen LogP contribution in [0.5, 0.6) is 0 Å². The van der Waals surface area contributed by atoms with Crippen LogP contribution in [0, 0.1) is 0 Å². The molecule has 2 saturated heterocycles. The highest BCUT2D eigenvalue weighted by Crippen LogP contribution is 2.34. The highest BCUT2D eigenvalue weighted by Gasteiger charge is 2.35. The molecule has 0 aliphatic carbocycles. The number of ether oxygens (including phenoxy) is 1. The third-order valence-corrected chi connectivity index (χ3v) is 6.59. The minimum absolute atomic E-state index is 0.249. The number of imidazole rings is 1. The van der Waals surface area contributed by atoms with Crippen molar-refractivity contribution < 1.29 is 4.74 Å². The van der Waals surface area contributed by atoms with Gasteiger partial charge in [-0.05, 0) is 41.6 Å². The van der Waals surface area contributed by atoms with Gasteiger partial charge in [-0.3, -0.25) is 4.57 Å². The van der Waals surface area contributed by atoms with E-state index in [4.69, 9.17) is 25.4 Å². The molecule has 2 aliphatic heterocycles. The fourth-order valence-corrected chi connectivity index (χ4v) is 5.11. The summed E-state index contributed by atoms with van der Waals surface area (Å²) in [6.45, 7) is 5.96. The molecule has 30 heavy (non-hydrogen) atoms. The van der Waals surface area contributed by atoms with Crippen LogP contribution >= 0.6 is 15.9 Å². The third-order valence-electron chi connectivity index (χ3n) is 6.03. The average Bonchev–Trinajstić information content (AvgIpc) is 3.27. The van der Waals surface area contributed by atoms with Crippen molar-refractivity contribution in [1.29, 1.82) is 0 Å². The summed E-state index contributed by atoms with van der Waals surface area (Å²) in [6, 6.07) is 0.290. The van der Waals surface area contributed by atoms with E-state index in [1.807, 2.05) is 0 Å². The van der Waals surface area contributed by atoms with E-state index in [1.54, 1.807) is 12.4 Å². The number of hydrogen-bond acceptors (Lipinski definition) is 8. The molecule has 10 heteroatoms. The summed E-state index contributed by atoms with van der Waals surface area (Å²) in [7, 11) is 0. The van der Waals surface area contributed by atoms with Gasteiger partial charge in [-0.1, -0.05) is 13.8 Å². The highest BCUT2D eigenvalue weighted by atomic mass is 79.9. The first-order chi connectivity index (χ1) is 14.6. The molecule has 0 radical (unpaired) electrons. The molecule has 5 heterocycles. The van der Waals surface area contributed by atoms with E-state index >= 15 is 0 Å². The molecule has 0 spiro atoms. The van der Waals surface area contributed by atoms with Crippen LogP contribution in [-0.2, 0) is 4.74 Å². The topological polar surface area (TPSA) is 108 Å². The van der Waals surface area contributed by atoms with Crippen molar-refractivity contribution in [3.05, 3.63) is 17.1 Å². The van der Waals surface area contributed by atoms with E-state index < -0.39 is 0 Å². The van der Waals surface area contributed by atoms with Crippen molar-refractivity contribution in [2.75, 3.05) is 23.7 Å². The van der Waals surface area contributed by atoms with Gasteiger partial charge in [0.05, 0.1) is 24.6 Å². The number of anilines is 2. The molecule has 9 nitrogen and oxygen atoms in total. The lowest BCUT2D eigenvalue weighted by atomic mass is 10.1. The van der Waals surface area contributed by atoms with E-state index in [9.17, 15) is 0 Å². The van der Waals surface area contributed by atoms with Crippen LogP contribution in [0.1, 0.15) is 45.6 Å². The lowest BCUT2D eigenvalue weighted by Crippen LogP contribution is -2.43. The molecule has 0 amide bonds. The monoisotopic (exact) mass is 472 g/mol. The second kappa shape index (κ2) is 7.73. The Kier molecular flexibility index (Phi) is 5.06. The predicted molar refractivity (Wildman–Crippen MR) is 118 cm³/mol. The fraction of sp³-hybridized carbons (Fsp3) is 0.550. The molecule has 2 bridgehead atoms. The Bertz CT molecular complexity index is 1050. The molecule has 2 fully saturated rings. The minimum atomic E-state index is 0.249. The van der Waals surface area contributed by atoms with Gasteiger partial charge in [0.25, 0.3) is 0 Å². The molecule has 3 aromatic heterocycles. The van der Waals surface area contributed by atoms with Crippen molar-refractivity contribution in [1.82, 2.24) is 29.5 Å². The number of nitrogen functional groups attached to an aromatic ring is 1. The van der Waals surface area contributed by atoms with Crippen molar-refractivity contribution in [3.63, 3.8) is 0 Å². The molecule has 5 rings (SSSR count). The van der Waals surface area contributed by atoms with Crippen molar-refractivity contribution in [2.24, 2.45) is 0 Å². The first-order valence-electron chi connectivity index (χ1n) is 10.5. The second-order valence-corrected chi connectivity index (χ2v) is 8.66. The summed E-state index contributed by atoms with van der Waals surface area (Å²) in [5.41, 5.74) is 8.59. The van der Waals surface area contributed by atoms with Crippen LogP contribution in [0.2, 0.25) is 0 Å². The quantitative estimate of drug-likeness (QED) is 0.562. The summed E-state index contributed by atoms with van der Waals surface area (Å²) in [5, 5.41) is 0. The zero-order chi connectivity index (χ0) is 20.8. The number of hydrogen-bond donors (Lipinski definition) is 1. The molecule has 2 N–H and O–H groups in total. The number of morpholine rings is 1. The standard InChI is InChI=1S/C20H25BrN8O/c1-3-11(4-2)29-18-17(25-19(29)21)16(14-7-24-15(22)8-23-14)26-20(27-18)28-9-12-5-6-13(10-28)30-12/h7-8,11-13H,3-6,9-10H2,1-2H3,(H2,22,24). The Labute approximate surface area is 183 Å². The summed E-state index contributed by atoms with van der Waals surface area (Å²) in [6.07, 6.45) is 7.85. The Balaban J connectivity index is 1.70. The van der Waals surface area contributed by atoms with Crippen LogP contribution in [0.15, 0.2) is 17.1 Å². The number of aromatic nitrogens is 6. The number of halogens is 1. The normalized spacial score (nSPS) is 21.1. The number of fused-ring (bicyclic) bond motifs is 3. The lowest BCUT2D eigenvalue weighted by molar-refractivity contribution is 0.0299. The Morgan fingerprint density at radius 1 is 1.10 bits per heavy atom. The third kappa shape index (κ3) is 3.31. The van der Waals surface area contributed by atoms with Crippen LogP contribution in [0.4, 0.5) is 11.8 Å². The van der Waals surface area contributed by atoms with Gasteiger partial charge in [-0.25, -0.2) is 19.9 Å². The van der Waals surface area contributed by atoms with Gasteiger partial charge < -0.3 is 15.4 Å². The van der Waals surface area contributed by atoms with Gasteiger partial charge in [-0.15, -0.1) is 0 Å². The molecular weight excluding hydrogens is 448 g/mol. The molecule has 158 valence electrons. The molecule has 2 atom stereocenters. The van der Waals surface area contributed by atoms with Crippen LogP contribution in [0.25, 0.3) is 22.6 Å². The number of nitrogens with two attached hydrogens (primary N) is 1. The maximum atomic E-state index is 6.01. The molecule has 3 aromatic rings. The molecule has 2 aliphatic rings. The Morgan fingerprint density at radius 2 is 1.83 bits per heavy atom. The molecular formula is C20H25BrN8O. The molecule has 2 unspecified atom stereocenters. The Hall–Kier alpha value is -2.33. The largest absolute Gasteiger partial charge is 0.382 e. The zero-order valence-corrected chi connectivity index (χ0v) is 18.7. The van der Waals surface area contributed by atoms with E-state index in [1.165, 1.54) is 0 Å². The maximum Gasteiger partial charge on any atom is 0.228 e. The minimum Gasteiger partial charge on any atom is -0.382 e. The van der Waals surface area contributed by atoms with E-state index in [-0.39, 0.29) is 12.2 Å². The first-order valence-corrected chi connectivity index (χ1v) is 11.3. The summed E-state index contributed by atoms with van der Waals surface area (Å²) < 4.78 is 8.93. The first kappa shape index (κ1) is 19.6. The smallest absolute Gasteiger partial charge is 0.228 e. The Morgan fingerprint density at radius 3 is 2.47 bits per heavy atom. The van der Waals surface area contributed by atoms with Gasteiger partial charge in [0.1, 0.15) is 22.7 Å².